The van der Waals surface area contributed by atoms with Crippen LogP contribution in [0.15, 0.2) is 58.9 Å². The van der Waals surface area contributed by atoms with Gasteiger partial charge >= 0.3 is 0 Å². The zero-order valence-corrected chi connectivity index (χ0v) is 13.2. The number of rotatable bonds is 6. The van der Waals surface area contributed by atoms with Gasteiger partial charge in [0.05, 0.1) is 12.2 Å². The van der Waals surface area contributed by atoms with Crippen LogP contribution >= 0.6 is 0 Å². The van der Waals surface area contributed by atoms with Crippen molar-refractivity contribution in [1.82, 2.24) is 5.01 Å². The third kappa shape index (κ3) is 4.75. The molecule has 0 bridgehead atoms. The lowest BCUT2D eigenvalue weighted by Gasteiger charge is -2.16. The largest absolute Gasteiger partial charge is 0.274 e. The zero-order valence-electron chi connectivity index (χ0n) is 13.2. The molecular weight excluding hydrogens is 270 g/mol. The molecule has 2 aromatic rings. The van der Waals surface area contributed by atoms with Gasteiger partial charge < -0.3 is 0 Å². The molecule has 3 nitrogen and oxygen atoms in total. The van der Waals surface area contributed by atoms with Crippen molar-refractivity contribution >= 4 is 5.69 Å². The van der Waals surface area contributed by atoms with Crippen LogP contribution in [-0.2, 0) is 6.54 Å². The van der Waals surface area contributed by atoms with Crippen molar-refractivity contribution in [3.63, 3.8) is 0 Å². The predicted octanol–water partition coefficient (Wildman–Crippen LogP) is 4.89. The standard InChI is InChI=1S/C19H21N3/c1-4-14-22(15-18-8-6-16(3)7-9-18)21-20-19-12-10-17(5-2)11-13-19/h2,6-13H,4,14-15H2,1,3H3. The van der Waals surface area contributed by atoms with E-state index in [-0.39, 0.29) is 0 Å². The van der Waals surface area contributed by atoms with Crippen LogP contribution in [0.3, 0.4) is 0 Å². The molecule has 0 spiro atoms. The second-order valence-electron chi connectivity index (χ2n) is 5.25. The normalized spacial score (nSPS) is 10.6. The van der Waals surface area contributed by atoms with E-state index in [1.54, 1.807) is 0 Å². The summed E-state index contributed by atoms with van der Waals surface area (Å²) in [6.45, 7) is 5.87. The molecule has 0 saturated heterocycles. The van der Waals surface area contributed by atoms with Crippen molar-refractivity contribution in [3.8, 4) is 12.3 Å². The molecule has 0 fully saturated rings. The van der Waals surface area contributed by atoms with Gasteiger partial charge in [0.15, 0.2) is 0 Å². The fraction of sp³-hybridized carbons (Fsp3) is 0.263. The molecule has 0 amide bonds. The van der Waals surface area contributed by atoms with E-state index in [0.717, 1.165) is 30.8 Å². The van der Waals surface area contributed by atoms with E-state index in [0.29, 0.717) is 0 Å². The lowest BCUT2D eigenvalue weighted by molar-refractivity contribution is 0.262. The smallest absolute Gasteiger partial charge is 0.0875 e. The SMILES string of the molecule is C#Cc1ccc(N=NN(CCC)Cc2ccc(C)cc2)cc1. The van der Waals surface area contributed by atoms with Crippen molar-refractivity contribution in [2.75, 3.05) is 6.54 Å². The molecular formula is C19H21N3. The van der Waals surface area contributed by atoms with Gasteiger partial charge in [0.2, 0.25) is 0 Å². The fourth-order valence-electron chi connectivity index (χ4n) is 2.06. The summed E-state index contributed by atoms with van der Waals surface area (Å²) in [7, 11) is 0. The minimum Gasteiger partial charge on any atom is -0.274 e. The van der Waals surface area contributed by atoms with E-state index < -0.39 is 0 Å². The van der Waals surface area contributed by atoms with E-state index in [1.165, 1.54) is 11.1 Å². The van der Waals surface area contributed by atoms with Gasteiger partial charge in [-0.3, -0.25) is 5.01 Å². The Hall–Kier alpha value is -2.60. The summed E-state index contributed by atoms with van der Waals surface area (Å²) in [5.41, 5.74) is 4.16. The number of terminal acetylenes is 1. The summed E-state index contributed by atoms with van der Waals surface area (Å²) in [5.74, 6) is 2.59. The Morgan fingerprint density at radius 2 is 1.73 bits per heavy atom. The summed E-state index contributed by atoms with van der Waals surface area (Å²) in [4.78, 5) is 0. The van der Waals surface area contributed by atoms with Crippen LogP contribution in [0.2, 0.25) is 0 Å². The molecule has 112 valence electrons. The first kappa shape index (κ1) is 15.8. The molecule has 0 radical (unpaired) electrons. The third-order valence-electron chi connectivity index (χ3n) is 3.29. The Morgan fingerprint density at radius 3 is 2.32 bits per heavy atom. The van der Waals surface area contributed by atoms with Gasteiger partial charge in [0.25, 0.3) is 0 Å². The molecule has 0 aromatic heterocycles. The number of benzene rings is 2. The Bertz CT molecular complexity index is 649. The van der Waals surface area contributed by atoms with Gasteiger partial charge in [0, 0.05) is 12.1 Å². The predicted molar refractivity (Wildman–Crippen MR) is 90.8 cm³/mol. The first-order valence-electron chi connectivity index (χ1n) is 7.50. The van der Waals surface area contributed by atoms with Crippen LogP contribution in [0.1, 0.15) is 30.0 Å². The number of aryl methyl sites for hydroxylation is 1. The second kappa shape index (κ2) is 7.99. The lowest BCUT2D eigenvalue weighted by atomic mass is 10.1. The highest BCUT2D eigenvalue weighted by Gasteiger charge is 2.02. The maximum absolute atomic E-state index is 5.35. The van der Waals surface area contributed by atoms with Gasteiger partial charge in [-0.1, -0.05) is 47.9 Å². The molecule has 0 aliphatic carbocycles. The maximum Gasteiger partial charge on any atom is 0.0875 e. The van der Waals surface area contributed by atoms with Gasteiger partial charge in [0.1, 0.15) is 0 Å². The number of hydrogen-bond donors (Lipinski definition) is 0. The van der Waals surface area contributed by atoms with Crippen LogP contribution in [0.25, 0.3) is 0 Å². The molecule has 0 unspecified atom stereocenters. The van der Waals surface area contributed by atoms with E-state index in [9.17, 15) is 0 Å². The second-order valence-corrected chi connectivity index (χ2v) is 5.25. The maximum atomic E-state index is 5.35. The molecule has 0 atom stereocenters. The summed E-state index contributed by atoms with van der Waals surface area (Å²) < 4.78 is 0. The third-order valence-corrected chi connectivity index (χ3v) is 3.29. The molecule has 0 heterocycles. The molecule has 2 rings (SSSR count). The van der Waals surface area contributed by atoms with Gasteiger partial charge in [-0.15, -0.1) is 11.5 Å². The fourth-order valence-corrected chi connectivity index (χ4v) is 2.06. The Morgan fingerprint density at radius 1 is 1.05 bits per heavy atom. The van der Waals surface area contributed by atoms with Gasteiger partial charge in [-0.05, 0) is 43.2 Å². The zero-order chi connectivity index (χ0) is 15.8. The van der Waals surface area contributed by atoms with E-state index in [1.807, 2.05) is 29.3 Å². The quantitative estimate of drug-likeness (QED) is 0.423. The Kier molecular flexibility index (Phi) is 5.73. The van der Waals surface area contributed by atoms with Crippen LogP contribution in [-0.4, -0.2) is 11.6 Å². The van der Waals surface area contributed by atoms with Gasteiger partial charge in [-0.2, -0.15) is 0 Å². The van der Waals surface area contributed by atoms with Crippen LogP contribution in [0, 0.1) is 19.3 Å². The molecule has 0 N–H and O–H groups in total. The first-order chi connectivity index (χ1) is 10.7. The number of hydrogen-bond acceptors (Lipinski definition) is 2. The summed E-state index contributed by atoms with van der Waals surface area (Å²) in [6.07, 6.45) is 6.37. The van der Waals surface area contributed by atoms with Crippen molar-refractivity contribution in [2.24, 2.45) is 10.3 Å². The van der Waals surface area contributed by atoms with E-state index in [2.05, 4.69) is 54.4 Å². The molecule has 22 heavy (non-hydrogen) atoms. The van der Waals surface area contributed by atoms with Gasteiger partial charge in [-0.25, -0.2) is 0 Å². The van der Waals surface area contributed by atoms with Crippen molar-refractivity contribution in [2.45, 2.75) is 26.8 Å². The van der Waals surface area contributed by atoms with Crippen LogP contribution < -0.4 is 0 Å². The molecule has 0 aliphatic heterocycles. The Balaban J connectivity index is 2.05. The molecule has 2 aromatic carbocycles. The highest BCUT2D eigenvalue weighted by molar-refractivity contribution is 5.43. The van der Waals surface area contributed by atoms with Crippen LogP contribution in [0.5, 0.6) is 0 Å². The number of nitrogens with zero attached hydrogens (tertiary/aromatic N) is 3. The summed E-state index contributed by atoms with van der Waals surface area (Å²) in [6, 6.07) is 16.0. The average Bonchev–Trinajstić information content (AvgIpc) is 2.55. The topological polar surface area (TPSA) is 28.0 Å². The molecule has 3 heteroatoms. The summed E-state index contributed by atoms with van der Waals surface area (Å²) in [5, 5.41) is 10.6. The monoisotopic (exact) mass is 291 g/mol. The highest BCUT2D eigenvalue weighted by Crippen LogP contribution is 2.15. The Labute approximate surface area is 132 Å². The van der Waals surface area contributed by atoms with E-state index >= 15 is 0 Å². The first-order valence-corrected chi connectivity index (χ1v) is 7.50. The van der Waals surface area contributed by atoms with E-state index in [4.69, 9.17) is 6.42 Å². The molecule has 0 aliphatic rings. The van der Waals surface area contributed by atoms with Crippen LogP contribution in [0.4, 0.5) is 5.69 Å². The summed E-state index contributed by atoms with van der Waals surface area (Å²) >= 11 is 0. The minimum absolute atomic E-state index is 0.764. The van der Waals surface area contributed by atoms with Crippen molar-refractivity contribution in [1.29, 1.82) is 0 Å². The van der Waals surface area contributed by atoms with Crippen molar-refractivity contribution < 1.29 is 0 Å². The van der Waals surface area contributed by atoms with Crippen molar-refractivity contribution in [3.05, 3.63) is 65.2 Å². The minimum atomic E-state index is 0.764. The lowest BCUT2D eigenvalue weighted by Crippen LogP contribution is -2.17. The molecule has 0 saturated carbocycles. The highest BCUT2D eigenvalue weighted by atomic mass is 15.5. The average molecular weight is 291 g/mol.